The Bertz CT molecular complexity index is 575. The van der Waals surface area contributed by atoms with Gasteiger partial charge in [-0.15, -0.1) is 23.7 Å². The molecule has 1 aromatic heterocycles. The average Bonchev–Trinajstić information content (AvgIpc) is 2.77. The Balaban J connectivity index is 2.22. The summed E-state index contributed by atoms with van der Waals surface area (Å²) in [6, 6.07) is 4.16. The lowest BCUT2D eigenvalue weighted by Gasteiger charge is -2.51. The molecule has 1 aliphatic rings. The lowest BCUT2D eigenvalue weighted by molar-refractivity contribution is -0.0222. The Morgan fingerprint density at radius 3 is 2.43 bits per heavy atom. The Labute approximate surface area is 151 Å². The molecule has 2 rings (SSSR count). The average molecular weight is 369 g/mol. The fraction of sp³-hybridized carbons (Fsp3) is 0.684. The maximum atomic E-state index is 6.80. The van der Waals surface area contributed by atoms with Crippen molar-refractivity contribution in [3.63, 3.8) is 0 Å². The molecular weight excluding hydrogens is 340 g/mol. The van der Waals surface area contributed by atoms with Gasteiger partial charge in [0.25, 0.3) is 0 Å². The normalized spacial score (nSPS) is 19.0. The van der Waals surface area contributed by atoms with E-state index in [4.69, 9.17) is 22.5 Å². The zero-order valence-corrected chi connectivity index (χ0v) is 17.6. The molecule has 0 aromatic carbocycles. The molecule has 0 bridgehead atoms. The van der Waals surface area contributed by atoms with Crippen molar-refractivity contribution in [2.24, 2.45) is 5.41 Å². The van der Waals surface area contributed by atoms with Crippen LogP contribution in [0.4, 0.5) is 0 Å². The second-order valence-electron chi connectivity index (χ2n) is 8.37. The van der Waals surface area contributed by atoms with Crippen LogP contribution in [0.25, 0.3) is 0 Å². The van der Waals surface area contributed by atoms with Crippen LogP contribution in [0.5, 0.6) is 0 Å². The van der Waals surface area contributed by atoms with Gasteiger partial charge in [0.05, 0.1) is 10.4 Å². The first-order valence-electron chi connectivity index (χ1n) is 8.45. The first kappa shape index (κ1) is 19.1. The van der Waals surface area contributed by atoms with Crippen LogP contribution < -0.4 is 0 Å². The van der Waals surface area contributed by atoms with Crippen molar-refractivity contribution >= 4 is 31.3 Å². The van der Waals surface area contributed by atoms with E-state index in [9.17, 15) is 0 Å². The van der Waals surface area contributed by atoms with E-state index in [1.54, 1.807) is 11.3 Å². The third-order valence-electron chi connectivity index (χ3n) is 5.73. The minimum atomic E-state index is -1.83. The molecule has 4 heteroatoms. The minimum Gasteiger partial charge on any atom is -0.412 e. The van der Waals surface area contributed by atoms with E-state index < -0.39 is 8.32 Å². The molecule has 1 aliphatic carbocycles. The smallest absolute Gasteiger partial charge is 0.192 e. The summed E-state index contributed by atoms with van der Waals surface area (Å²) < 4.78 is 7.67. The molecule has 1 heterocycles. The fourth-order valence-corrected chi connectivity index (χ4v) is 5.70. The molecule has 1 fully saturated rings. The van der Waals surface area contributed by atoms with E-state index in [0.717, 1.165) is 10.8 Å². The molecular formula is C19H29ClOSSi. The highest BCUT2D eigenvalue weighted by Gasteiger charge is 2.49. The predicted molar refractivity (Wildman–Crippen MR) is 105 cm³/mol. The quantitative estimate of drug-likeness (QED) is 0.409. The Morgan fingerprint density at radius 1 is 1.39 bits per heavy atom. The van der Waals surface area contributed by atoms with E-state index in [1.807, 2.05) is 6.07 Å². The number of terminal acetylenes is 1. The van der Waals surface area contributed by atoms with Crippen LogP contribution in [0, 0.1) is 17.8 Å². The van der Waals surface area contributed by atoms with Crippen LogP contribution >= 0.6 is 22.9 Å². The maximum absolute atomic E-state index is 6.80. The number of hydrogen-bond acceptors (Lipinski definition) is 2. The maximum Gasteiger partial charge on any atom is 0.192 e. The van der Waals surface area contributed by atoms with Gasteiger partial charge in [-0.25, -0.2) is 0 Å². The summed E-state index contributed by atoms with van der Waals surface area (Å²) in [6.45, 7) is 11.5. The molecule has 0 spiro atoms. The summed E-state index contributed by atoms with van der Waals surface area (Å²) >= 11 is 7.81. The summed E-state index contributed by atoms with van der Waals surface area (Å²) in [4.78, 5) is 1.36. The van der Waals surface area contributed by atoms with Crippen molar-refractivity contribution in [3.05, 3.63) is 21.3 Å². The summed E-state index contributed by atoms with van der Waals surface area (Å²) in [5, 5.41) is 0.205. The predicted octanol–water partition coefficient (Wildman–Crippen LogP) is 6.53. The summed E-state index contributed by atoms with van der Waals surface area (Å²) in [7, 11) is -1.83. The van der Waals surface area contributed by atoms with Crippen molar-refractivity contribution in [1.82, 2.24) is 0 Å². The van der Waals surface area contributed by atoms with Crippen LogP contribution in [-0.2, 0) is 10.8 Å². The first-order valence-corrected chi connectivity index (χ1v) is 12.6. The molecule has 128 valence electrons. The summed E-state index contributed by atoms with van der Waals surface area (Å²) in [5.41, 5.74) is 0.204. The molecule has 0 saturated heterocycles. The lowest BCUT2D eigenvalue weighted by Crippen LogP contribution is -2.52. The van der Waals surface area contributed by atoms with Crippen LogP contribution in [0.1, 0.15) is 51.3 Å². The SMILES string of the molecule is C#CCC(O[Si](C)(C)C(C)(C)C)C1(Cc2ccc(Cl)s2)CCC1. The zero-order chi connectivity index (χ0) is 17.3. The van der Waals surface area contributed by atoms with E-state index in [1.165, 1.54) is 24.1 Å². The number of hydrogen-bond donors (Lipinski definition) is 0. The van der Waals surface area contributed by atoms with Crippen LogP contribution in [0.2, 0.25) is 22.5 Å². The van der Waals surface area contributed by atoms with Crippen LogP contribution in [0.3, 0.4) is 0 Å². The molecule has 0 N–H and O–H groups in total. The monoisotopic (exact) mass is 368 g/mol. The van der Waals surface area contributed by atoms with Crippen molar-refractivity contribution in [2.45, 2.75) is 77.1 Å². The van der Waals surface area contributed by atoms with Crippen molar-refractivity contribution in [3.8, 4) is 12.3 Å². The molecule has 23 heavy (non-hydrogen) atoms. The number of rotatable bonds is 6. The standard InChI is InChI=1S/C19H29ClOSSi/c1-7-9-16(21-23(5,6)18(2,3)4)19(12-8-13-19)14-15-10-11-17(20)22-15/h1,10-11,16H,8-9,12-14H2,2-6H3. The third kappa shape index (κ3) is 4.23. The van der Waals surface area contributed by atoms with Gasteiger partial charge in [0, 0.05) is 16.7 Å². The second kappa shape index (κ2) is 6.92. The van der Waals surface area contributed by atoms with Gasteiger partial charge in [0.1, 0.15) is 0 Å². The summed E-state index contributed by atoms with van der Waals surface area (Å²) in [6.07, 6.45) is 11.3. The van der Waals surface area contributed by atoms with Crippen LogP contribution in [-0.4, -0.2) is 14.4 Å². The first-order chi connectivity index (χ1) is 10.6. The van der Waals surface area contributed by atoms with Crippen molar-refractivity contribution in [2.75, 3.05) is 0 Å². The highest BCUT2D eigenvalue weighted by atomic mass is 35.5. The zero-order valence-electron chi connectivity index (χ0n) is 15.0. The topological polar surface area (TPSA) is 9.23 Å². The van der Waals surface area contributed by atoms with Gasteiger partial charge >= 0.3 is 0 Å². The Kier molecular flexibility index (Phi) is 5.73. The van der Waals surface area contributed by atoms with Gasteiger partial charge in [0.15, 0.2) is 8.32 Å². The van der Waals surface area contributed by atoms with Gasteiger partial charge in [-0.1, -0.05) is 38.8 Å². The van der Waals surface area contributed by atoms with Gasteiger partial charge in [-0.05, 0) is 49.5 Å². The number of halogens is 1. The molecule has 1 nitrogen and oxygen atoms in total. The van der Waals surface area contributed by atoms with Crippen LogP contribution in [0.15, 0.2) is 12.1 Å². The minimum absolute atomic E-state index is 0.169. The van der Waals surface area contributed by atoms with Gasteiger partial charge in [-0.3, -0.25) is 0 Å². The van der Waals surface area contributed by atoms with E-state index in [-0.39, 0.29) is 16.6 Å². The van der Waals surface area contributed by atoms with Gasteiger partial charge in [0.2, 0.25) is 0 Å². The van der Waals surface area contributed by atoms with Gasteiger partial charge in [-0.2, -0.15) is 0 Å². The highest BCUT2D eigenvalue weighted by molar-refractivity contribution is 7.16. The van der Waals surface area contributed by atoms with Crippen molar-refractivity contribution in [1.29, 1.82) is 0 Å². The fourth-order valence-electron chi connectivity index (χ4n) is 3.06. The number of thiophene rings is 1. The Hall–Kier alpha value is -0.273. The lowest BCUT2D eigenvalue weighted by atomic mass is 9.62. The molecule has 0 amide bonds. The van der Waals surface area contributed by atoms with E-state index >= 15 is 0 Å². The summed E-state index contributed by atoms with van der Waals surface area (Å²) in [5.74, 6) is 2.88. The molecule has 0 aliphatic heterocycles. The third-order valence-corrected chi connectivity index (χ3v) is 11.5. The molecule has 0 radical (unpaired) electrons. The van der Waals surface area contributed by atoms with E-state index in [2.05, 4.69) is 45.9 Å². The Morgan fingerprint density at radius 2 is 2.04 bits per heavy atom. The van der Waals surface area contributed by atoms with Gasteiger partial charge < -0.3 is 4.43 Å². The molecule has 1 atom stereocenters. The highest BCUT2D eigenvalue weighted by Crippen LogP contribution is 2.51. The van der Waals surface area contributed by atoms with Crippen molar-refractivity contribution < 1.29 is 4.43 Å². The van der Waals surface area contributed by atoms with E-state index in [0.29, 0.717) is 6.42 Å². The second-order valence-corrected chi connectivity index (χ2v) is 14.9. The molecule has 1 aromatic rings. The molecule has 1 saturated carbocycles. The molecule has 1 unspecified atom stereocenters. The largest absolute Gasteiger partial charge is 0.412 e.